The molecule has 2 heterocycles. The first-order valence-corrected chi connectivity index (χ1v) is 10.8. The van der Waals surface area contributed by atoms with Gasteiger partial charge in [-0.05, 0) is 16.7 Å². The van der Waals surface area contributed by atoms with Gasteiger partial charge >= 0.3 is 0 Å². The van der Waals surface area contributed by atoms with E-state index in [0.717, 1.165) is 55.1 Å². The molecule has 30 heavy (non-hydrogen) atoms. The Hall–Kier alpha value is -1.80. The zero-order valence-corrected chi connectivity index (χ0v) is 17.6. The smallest absolute Gasteiger partial charge is 0.184 e. The van der Waals surface area contributed by atoms with Gasteiger partial charge in [0.2, 0.25) is 0 Å². The van der Waals surface area contributed by atoms with Crippen molar-refractivity contribution in [1.82, 2.24) is 4.90 Å². The molecule has 162 valence electrons. The molecular formula is C24H32N2O4. The summed E-state index contributed by atoms with van der Waals surface area (Å²) in [7, 11) is 0. The average Bonchev–Trinajstić information content (AvgIpc) is 2.81. The van der Waals surface area contributed by atoms with Gasteiger partial charge in [-0.2, -0.15) is 0 Å². The number of morpholine rings is 1. The van der Waals surface area contributed by atoms with E-state index in [1.807, 2.05) is 36.4 Å². The molecule has 2 aromatic rings. The fourth-order valence-electron chi connectivity index (χ4n) is 4.18. The first-order valence-electron chi connectivity index (χ1n) is 10.8. The number of hydrogen-bond donors (Lipinski definition) is 2. The molecule has 0 aliphatic carbocycles. The third kappa shape index (κ3) is 4.91. The van der Waals surface area contributed by atoms with E-state index in [0.29, 0.717) is 6.54 Å². The minimum absolute atomic E-state index is 0.0403. The minimum atomic E-state index is -0.429. The number of nitrogens with zero attached hydrogens (tertiary/aromatic N) is 1. The maximum atomic E-state index is 9.37. The van der Waals surface area contributed by atoms with E-state index in [-0.39, 0.29) is 24.7 Å². The average molecular weight is 413 g/mol. The van der Waals surface area contributed by atoms with Crippen LogP contribution in [0.2, 0.25) is 0 Å². The highest BCUT2D eigenvalue weighted by Crippen LogP contribution is 2.41. The Bertz CT molecular complexity index is 790. The van der Waals surface area contributed by atoms with E-state index in [4.69, 9.17) is 19.9 Å². The summed E-state index contributed by atoms with van der Waals surface area (Å²) < 4.78 is 18.5. The zero-order chi connectivity index (χ0) is 20.9. The van der Waals surface area contributed by atoms with E-state index in [1.54, 1.807) is 0 Å². The second-order valence-electron chi connectivity index (χ2n) is 8.18. The molecule has 0 saturated carbocycles. The van der Waals surface area contributed by atoms with Crippen LogP contribution in [-0.4, -0.2) is 49.0 Å². The number of benzene rings is 2. The van der Waals surface area contributed by atoms with Gasteiger partial charge in [-0.15, -0.1) is 0 Å². The van der Waals surface area contributed by atoms with Crippen molar-refractivity contribution < 1.29 is 19.3 Å². The number of ether oxygens (including phenoxy) is 3. The number of aliphatic hydroxyl groups excluding tert-OH is 1. The maximum absolute atomic E-state index is 9.37. The summed E-state index contributed by atoms with van der Waals surface area (Å²) in [5.74, 6) is 0.187. The van der Waals surface area contributed by atoms with Crippen molar-refractivity contribution >= 4 is 0 Å². The summed E-state index contributed by atoms with van der Waals surface area (Å²) in [5.41, 5.74) is 9.85. The van der Waals surface area contributed by atoms with Crippen LogP contribution in [0.4, 0.5) is 0 Å². The fraction of sp³-hybridized carbons (Fsp3) is 0.500. The van der Waals surface area contributed by atoms with E-state index >= 15 is 0 Å². The van der Waals surface area contributed by atoms with Crippen molar-refractivity contribution in [2.45, 2.75) is 38.6 Å². The van der Waals surface area contributed by atoms with Crippen molar-refractivity contribution in [3.05, 3.63) is 70.8 Å². The van der Waals surface area contributed by atoms with Gasteiger partial charge in [-0.1, -0.05) is 55.5 Å². The summed E-state index contributed by atoms with van der Waals surface area (Å²) in [6, 6.07) is 16.2. The van der Waals surface area contributed by atoms with Gasteiger partial charge in [0.25, 0.3) is 0 Å². The van der Waals surface area contributed by atoms with E-state index in [2.05, 4.69) is 24.0 Å². The van der Waals surface area contributed by atoms with E-state index < -0.39 is 6.29 Å². The first-order chi connectivity index (χ1) is 14.7. The van der Waals surface area contributed by atoms with Crippen LogP contribution in [0.3, 0.4) is 0 Å². The Morgan fingerprint density at radius 3 is 2.20 bits per heavy atom. The minimum Gasteiger partial charge on any atom is -0.392 e. The van der Waals surface area contributed by atoms with E-state index in [1.165, 1.54) is 0 Å². The van der Waals surface area contributed by atoms with Gasteiger partial charge in [-0.25, -0.2) is 0 Å². The van der Waals surface area contributed by atoms with Crippen LogP contribution in [-0.2, 0) is 27.4 Å². The van der Waals surface area contributed by atoms with Gasteiger partial charge in [0.15, 0.2) is 6.29 Å². The largest absolute Gasteiger partial charge is 0.392 e. The van der Waals surface area contributed by atoms with Crippen molar-refractivity contribution in [3.8, 4) is 0 Å². The standard InChI is InChI=1S/C24H32N2O4/c1-17-22(15-26-10-12-28-13-11-26)29-24(21-8-2-18(14-25)3-9-21)30-23(17)20-6-4-19(16-27)5-7-20/h2-9,17,22-24,27H,10-16,25H2,1H3. The molecule has 0 aromatic heterocycles. The molecule has 4 atom stereocenters. The summed E-state index contributed by atoms with van der Waals surface area (Å²) in [5, 5.41) is 9.37. The third-order valence-corrected chi connectivity index (χ3v) is 6.15. The van der Waals surface area contributed by atoms with Crippen molar-refractivity contribution in [2.24, 2.45) is 11.7 Å². The molecule has 2 aromatic carbocycles. The fourth-order valence-corrected chi connectivity index (χ4v) is 4.18. The SMILES string of the molecule is CC1C(CN2CCOCC2)OC(c2ccc(CN)cc2)OC1c1ccc(CO)cc1. The van der Waals surface area contributed by atoms with Gasteiger partial charge < -0.3 is 25.1 Å². The van der Waals surface area contributed by atoms with Crippen molar-refractivity contribution in [3.63, 3.8) is 0 Å². The first kappa shape index (κ1) is 21.4. The summed E-state index contributed by atoms with van der Waals surface area (Å²) in [4.78, 5) is 2.41. The van der Waals surface area contributed by atoms with Crippen molar-refractivity contribution in [1.29, 1.82) is 0 Å². The second kappa shape index (κ2) is 10.0. The Kier molecular flexibility index (Phi) is 7.15. The predicted octanol–water partition coefficient (Wildman–Crippen LogP) is 2.76. The molecule has 2 saturated heterocycles. The molecule has 6 nitrogen and oxygen atoms in total. The lowest BCUT2D eigenvalue weighted by atomic mass is 9.90. The van der Waals surface area contributed by atoms with Crippen LogP contribution in [0.15, 0.2) is 48.5 Å². The maximum Gasteiger partial charge on any atom is 0.184 e. The summed E-state index contributed by atoms with van der Waals surface area (Å²) >= 11 is 0. The molecule has 2 aliphatic heterocycles. The summed E-state index contributed by atoms with van der Waals surface area (Å²) in [6.07, 6.45) is -0.475. The number of aliphatic hydroxyl groups is 1. The number of nitrogens with two attached hydrogens (primary N) is 1. The van der Waals surface area contributed by atoms with Gasteiger partial charge in [0.05, 0.1) is 32.0 Å². The lowest BCUT2D eigenvalue weighted by Crippen LogP contribution is -2.47. The second-order valence-corrected chi connectivity index (χ2v) is 8.18. The van der Waals surface area contributed by atoms with Gasteiger partial charge in [0, 0.05) is 37.7 Å². The van der Waals surface area contributed by atoms with Crippen LogP contribution in [0.1, 0.15) is 41.6 Å². The van der Waals surface area contributed by atoms with Crippen LogP contribution in [0, 0.1) is 5.92 Å². The van der Waals surface area contributed by atoms with Crippen LogP contribution in [0.25, 0.3) is 0 Å². The third-order valence-electron chi connectivity index (χ3n) is 6.15. The molecule has 0 amide bonds. The highest BCUT2D eigenvalue weighted by molar-refractivity contribution is 5.26. The van der Waals surface area contributed by atoms with E-state index in [9.17, 15) is 5.11 Å². The molecule has 0 bridgehead atoms. The highest BCUT2D eigenvalue weighted by atomic mass is 16.7. The Morgan fingerprint density at radius 1 is 0.933 bits per heavy atom. The molecule has 2 fully saturated rings. The molecule has 4 unspecified atom stereocenters. The lowest BCUT2D eigenvalue weighted by molar-refractivity contribution is -0.277. The van der Waals surface area contributed by atoms with Crippen LogP contribution in [0.5, 0.6) is 0 Å². The lowest BCUT2D eigenvalue weighted by Gasteiger charge is -2.43. The quantitative estimate of drug-likeness (QED) is 0.760. The molecule has 0 spiro atoms. The summed E-state index contributed by atoms with van der Waals surface area (Å²) in [6.45, 7) is 7.02. The zero-order valence-electron chi connectivity index (χ0n) is 17.6. The predicted molar refractivity (Wildman–Crippen MR) is 115 cm³/mol. The Balaban J connectivity index is 1.58. The normalized spacial score (nSPS) is 27.8. The van der Waals surface area contributed by atoms with Crippen LogP contribution < -0.4 is 5.73 Å². The Morgan fingerprint density at radius 2 is 1.57 bits per heavy atom. The topological polar surface area (TPSA) is 77.2 Å². The van der Waals surface area contributed by atoms with Crippen molar-refractivity contribution in [2.75, 3.05) is 32.8 Å². The molecule has 0 radical (unpaired) electrons. The molecule has 4 rings (SSSR count). The monoisotopic (exact) mass is 412 g/mol. The number of rotatable bonds is 6. The Labute approximate surface area is 178 Å². The molecule has 3 N–H and O–H groups in total. The van der Waals surface area contributed by atoms with Crippen LogP contribution >= 0.6 is 0 Å². The molecule has 6 heteroatoms. The van der Waals surface area contributed by atoms with Gasteiger partial charge in [-0.3, -0.25) is 4.90 Å². The number of hydrogen-bond acceptors (Lipinski definition) is 6. The highest BCUT2D eigenvalue weighted by Gasteiger charge is 2.39. The molecule has 2 aliphatic rings. The molecular weight excluding hydrogens is 380 g/mol. The van der Waals surface area contributed by atoms with Gasteiger partial charge in [0.1, 0.15) is 0 Å².